The Kier molecular flexibility index (Phi) is 4.66. The van der Waals surface area contributed by atoms with E-state index in [1.54, 1.807) is 18.0 Å². The van der Waals surface area contributed by atoms with Crippen LogP contribution in [0.5, 0.6) is 5.75 Å². The number of amides is 2. The predicted molar refractivity (Wildman–Crippen MR) is 88.0 cm³/mol. The molecule has 1 aromatic carbocycles. The lowest BCUT2D eigenvalue weighted by atomic mass is 9.90. The van der Waals surface area contributed by atoms with Gasteiger partial charge in [0, 0.05) is 19.2 Å². The third-order valence-corrected chi connectivity index (χ3v) is 4.81. The molecule has 2 fully saturated rings. The van der Waals surface area contributed by atoms with Crippen molar-refractivity contribution in [2.75, 3.05) is 47.4 Å². The zero-order chi connectivity index (χ0) is 18.2. The number of rotatable bonds is 3. The second-order valence-electron chi connectivity index (χ2n) is 6.55. The number of morpholine rings is 1. The van der Waals surface area contributed by atoms with Gasteiger partial charge in [0.1, 0.15) is 11.6 Å². The molecule has 2 saturated heterocycles. The molecule has 2 aliphatic heterocycles. The topological polar surface area (TPSA) is 71.1 Å². The van der Waals surface area contributed by atoms with Crippen LogP contribution in [0.15, 0.2) is 18.2 Å². The Morgan fingerprint density at radius 1 is 1.36 bits per heavy atom. The number of carbonyl (C=O) groups is 2. The number of methoxy groups -OCH3 is 1. The Morgan fingerprint density at radius 3 is 2.64 bits per heavy atom. The van der Waals surface area contributed by atoms with Crippen LogP contribution in [0.4, 0.5) is 4.39 Å². The second kappa shape index (κ2) is 6.61. The molecule has 1 aromatic rings. The summed E-state index contributed by atoms with van der Waals surface area (Å²) in [6.45, 7) is 1.69. The average Bonchev–Trinajstić information content (AvgIpc) is 2.58. The highest BCUT2D eigenvalue weighted by atomic mass is 19.1. The molecule has 0 aliphatic carbocycles. The number of nitrogens with zero attached hydrogens (tertiary/aromatic N) is 2. The minimum Gasteiger partial charge on any atom is -0.494 e. The summed E-state index contributed by atoms with van der Waals surface area (Å²) in [5.41, 5.74) is -0.180. The molecule has 2 aliphatic rings. The van der Waals surface area contributed by atoms with Gasteiger partial charge in [-0.1, -0.05) is 0 Å². The maximum absolute atomic E-state index is 13.8. The fourth-order valence-corrected chi connectivity index (χ4v) is 3.40. The number of likely N-dealkylation sites (tertiary alicyclic amines) is 1. The molecule has 1 spiro atoms. The maximum Gasteiger partial charge on any atom is 0.254 e. The van der Waals surface area contributed by atoms with Gasteiger partial charge in [-0.15, -0.1) is 0 Å². The highest BCUT2D eigenvalue weighted by Crippen LogP contribution is 2.32. The van der Waals surface area contributed by atoms with E-state index >= 15 is 0 Å². The first kappa shape index (κ1) is 17.6. The van der Waals surface area contributed by atoms with Gasteiger partial charge >= 0.3 is 0 Å². The molecule has 7 nitrogen and oxygen atoms in total. The maximum atomic E-state index is 13.8. The summed E-state index contributed by atoms with van der Waals surface area (Å²) in [4.78, 5) is 27.8. The molecule has 1 N–H and O–H groups in total. The predicted octanol–water partition coefficient (Wildman–Crippen LogP) is 0.106. The number of carbonyl (C=O) groups excluding carboxylic acids is 2. The molecule has 25 heavy (non-hydrogen) atoms. The molecule has 0 aromatic heterocycles. The summed E-state index contributed by atoms with van der Waals surface area (Å²) in [6, 6.07) is 3.85. The van der Waals surface area contributed by atoms with Crippen molar-refractivity contribution in [2.24, 2.45) is 0 Å². The molecule has 2 heterocycles. The molecule has 3 rings (SSSR count). The largest absolute Gasteiger partial charge is 0.494 e. The molecule has 1 atom stereocenters. The number of hydrogen-bond donors (Lipinski definition) is 1. The van der Waals surface area contributed by atoms with E-state index in [9.17, 15) is 14.0 Å². The van der Waals surface area contributed by atoms with Crippen molar-refractivity contribution < 1.29 is 23.5 Å². The van der Waals surface area contributed by atoms with E-state index in [0.29, 0.717) is 19.6 Å². The minimum atomic E-state index is -0.564. The van der Waals surface area contributed by atoms with Crippen LogP contribution < -0.4 is 10.1 Å². The number of likely N-dealkylation sites (N-methyl/N-ethyl adjacent to an activating group) is 2. The van der Waals surface area contributed by atoms with Crippen LogP contribution >= 0.6 is 0 Å². The lowest BCUT2D eigenvalue weighted by molar-refractivity contribution is -0.187. The number of halogens is 1. The van der Waals surface area contributed by atoms with Crippen LogP contribution in [-0.2, 0) is 9.53 Å². The summed E-state index contributed by atoms with van der Waals surface area (Å²) in [7, 11) is 4.84. The van der Waals surface area contributed by atoms with Crippen molar-refractivity contribution in [1.29, 1.82) is 0 Å². The summed E-state index contributed by atoms with van der Waals surface area (Å²) >= 11 is 0. The van der Waals surface area contributed by atoms with Gasteiger partial charge in [0.2, 0.25) is 5.91 Å². The van der Waals surface area contributed by atoms with E-state index in [0.717, 1.165) is 0 Å². The molecular weight excluding hydrogens is 329 g/mol. The third-order valence-electron chi connectivity index (χ3n) is 4.81. The molecule has 0 unspecified atom stereocenters. The zero-order valence-electron chi connectivity index (χ0n) is 14.5. The van der Waals surface area contributed by atoms with Crippen LogP contribution in [0.25, 0.3) is 0 Å². The van der Waals surface area contributed by atoms with Gasteiger partial charge in [-0.25, -0.2) is 4.39 Å². The van der Waals surface area contributed by atoms with Crippen molar-refractivity contribution in [3.8, 4) is 5.75 Å². The fourth-order valence-electron chi connectivity index (χ4n) is 3.40. The average molecular weight is 351 g/mol. The van der Waals surface area contributed by atoms with E-state index in [1.165, 1.54) is 19.2 Å². The number of nitrogens with one attached hydrogen (secondary N) is 1. The van der Waals surface area contributed by atoms with E-state index in [4.69, 9.17) is 9.47 Å². The van der Waals surface area contributed by atoms with Crippen molar-refractivity contribution in [3.63, 3.8) is 0 Å². The van der Waals surface area contributed by atoms with Gasteiger partial charge in [-0.3, -0.25) is 14.5 Å². The van der Waals surface area contributed by atoms with E-state index in [1.807, 2.05) is 11.9 Å². The van der Waals surface area contributed by atoms with Crippen LogP contribution in [0.3, 0.4) is 0 Å². The zero-order valence-corrected chi connectivity index (χ0v) is 14.5. The molecule has 136 valence electrons. The highest BCUT2D eigenvalue weighted by molar-refractivity contribution is 5.95. The second-order valence-corrected chi connectivity index (χ2v) is 6.55. The van der Waals surface area contributed by atoms with E-state index in [-0.39, 0.29) is 35.8 Å². The van der Waals surface area contributed by atoms with Crippen molar-refractivity contribution >= 4 is 11.8 Å². The molecule has 0 radical (unpaired) electrons. The van der Waals surface area contributed by atoms with Gasteiger partial charge in [-0.2, -0.15) is 0 Å². The first-order valence-electron chi connectivity index (χ1n) is 8.08. The Morgan fingerprint density at radius 2 is 2.08 bits per heavy atom. The van der Waals surface area contributed by atoms with E-state index < -0.39 is 11.4 Å². The fraction of sp³-hybridized carbons (Fsp3) is 0.529. The minimum absolute atomic E-state index is 0.0849. The van der Waals surface area contributed by atoms with Crippen molar-refractivity contribution in [3.05, 3.63) is 29.6 Å². The van der Waals surface area contributed by atoms with Gasteiger partial charge in [0.15, 0.2) is 11.6 Å². The first-order chi connectivity index (χ1) is 11.9. The molecule has 0 bridgehead atoms. The summed E-state index contributed by atoms with van der Waals surface area (Å²) in [6.07, 6.45) is 0. The normalized spacial score (nSPS) is 22.4. The van der Waals surface area contributed by atoms with Crippen LogP contribution in [0.1, 0.15) is 10.4 Å². The lowest BCUT2D eigenvalue weighted by Gasteiger charge is -2.54. The Labute approximate surface area is 145 Å². The van der Waals surface area contributed by atoms with Crippen LogP contribution in [0, 0.1) is 5.82 Å². The van der Waals surface area contributed by atoms with Crippen molar-refractivity contribution in [2.45, 2.75) is 11.6 Å². The van der Waals surface area contributed by atoms with Crippen LogP contribution in [-0.4, -0.2) is 80.7 Å². The monoisotopic (exact) mass is 351 g/mol. The first-order valence-corrected chi connectivity index (χ1v) is 8.08. The Hall–Kier alpha value is -2.19. The molecule has 8 heteroatoms. The smallest absolute Gasteiger partial charge is 0.254 e. The number of benzene rings is 1. The quantitative estimate of drug-likeness (QED) is 0.837. The third kappa shape index (κ3) is 3.19. The van der Waals surface area contributed by atoms with Crippen molar-refractivity contribution in [1.82, 2.24) is 15.1 Å². The Balaban J connectivity index is 1.61. The lowest BCUT2D eigenvalue weighted by Crippen LogP contribution is -2.73. The Bertz CT molecular complexity index is 690. The standard InChI is InChI=1S/C17H22FN3O4/c1-19-15(22)13-7-25-17(8-20(13)2)9-21(10-17)16(23)11-4-5-14(24-3)12(18)6-11/h4-6,13H,7-10H2,1-3H3,(H,19,22)/t13-/m0/s1. The molecular formula is C17H22FN3O4. The van der Waals surface area contributed by atoms with E-state index in [2.05, 4.69) is 5.32 Å². The number of ether oxygens (including phenoxy) is 2. The van der Waals surface area contributed by atoms with Gasteiger partial charge < -0.3 is 19.7 Å². The number of hydrogen-bond acceptors (Lipinski definition) is 5. The summed E-state index contributed by atoms with van der Waals surface area (Å²) < 4.78 is 24.5. The molecule has 0 saturated carbocycles. The SMILES string of the molecule is CNC(=O)[C@@H]1COC2(CN(C(=O)c3ccc(OC)c(F)c3)C2)CN1C. The van der Waals surface area contributed by atoms with Gasteiger partial charge in [0.25, 0.3) is 5.91 Å². The van der Waals surface area contributed by atoms with Gasteiger partial charge in [-0.05, 0) is 25.2 Å². The summed E-state index contributed by atoms with van der Waals surface area (Å²) in [5, 5.41) is 2.62. The van der Waals surface area contributed by atoms with Gasteiger partial charge in [0.05, 0.1) is 26.8 Å². The summed E-state index contributed by atoms with van der Waals surface area (Å²) in [5.74, 6) is -0.787. The molecule has 2 amide bonds. The highest BCUT2D eigenvalue weighted by Gasteiger charge is 2.51. The van der Waals surface area contributed by atoms with Crippen LogP contribution in [0.2, 0.25) is 0 Å².